The van der Waals surface area contributed by atoms with Crippen molar-refractivity contribution in [3.8, 4) is 5.75 Å². The van der Waals surface area contributed by atoms with Crippen LogP contribution in [0.15, 0.2) is 24.3 Å². The molecule has 1 aliphatic carbocycles. The molecule has 1 atom stereocenters. The number of anilines is 1. The number of nitrogens with one attached hydrogen (secondary N) is 1. The summed E-state index contributed by atoms with van der Waals surface area (Å²) in [6.07, 6.45) is 3.98. The van der Waals surface area contributed by atoms with Gasteiger partial charge in [-0.25, -0.2) is 0 Å². The van der Waals surface area contributed by atoms with Crippen molar-refractivity contribution in [1.82, 2.24) is 5.32 Å². The predicted molar refractivity (Wildman–Crippen MR) is 74.4 cm³/mol. The summed E-state index contributed by atoms with van der Waals surface area (Å²) >= 11 is 0. The van der Waals surface area contributed by atoms with E-state index in [9.17, 15) is 0 Å². The van der Waals surface area contributed by atoms with Gasteiger partial charge < -0.3 is 15.0 Å². The van der Waals surface area contributed by atoms with Crippen LogP contribution in [0.3, 0.4) is 0 Å². The van der Waals surface area contributed by atoms with Gasteiger partial charge >= 0.3 is 0 Å². The van der Waals surface area contributed by atoms with Crippen LogP contribution in [0.1, 0.15) is 26.2 Å². The second-order valence-corrected chi connectivity index (χ2v) is 5.27. The number of ether oxygens (including phenoxy) is 1. The van der Waals surface area contributed by atoms with Crippen molar-refractivity contribution < 1.29 is 4.74 Å². The van der Waals surface area contributed by atoms with E-state index in [0.29, 0.717) is 6.04 Å². The second-order valence-electron chi connectivity index (χ2n) is 5.27. The number of hydrogen-bond acceptors (Lipinski definition) is 3. The number of para-hydroxylation sites is 2. The summed E-state index contributed by atoms with van der Waals surface area (Å²) in [6.45, 7) is 5.02. The van der Waals surface area contributed by atoms with Crippen LogP contribution in [0.2, 0.25) is 0 Å². The molecule has 18 heavy (non-hydrogen) atoms. The smallest absolute Gasteiger partial charge is 0.142 e. The summed E-state index contributed by atoms with van der Waals surface area (Å²) < 4.78 is 5.72. The molecule has 0 aromatic heterocycles. The van der Waals surface area contributed by atoms with Crippen LogP contribution in [0, 0.1) is 0 Å². The third-order valence-corrected chi connectivity index (χ3v) is 3.74. The number of nitrogens with zero attached hydrogens (tertiary/aromatic N) is 1. The molecular weight excluding hydrogens is 224 g/mol. The molecule has 0 amide bonds. The highest BCUT2D eigenvalue weighted by Gasteiger charge is 2.29. The maximum Gasteiger partial charge on any atom is 0.142 e. The van der Waals surface area contributed by atoms with Gasteiger partial charge in [0.25, 0.3) is 0 Å². The van der Waals surface area contributed by atoms with Crippen LogP contribution in [-0.4, -0.2) is 31.8 Å². The Labute approximate surface area is 109 Å². The summed E-state index contributed by atoms with van der Waals surface area (Å²) in [5.41, 5.74) is 1.25. The molecule has 2 aliphatic rings. The minimum Gasteiger partial charge on any atom is -0.492 e. The zero-order valence-electron chi connectivity index (χ0n) is 11.1. The molecule has 3 rings (SSSR count). The molecule has 1 aromatic carbocycles. The fraction of sp³-hybridized carbons (Fsp3) is 0.600. The third-order valence-electron chi connectivity index (χ3n) is 3.74. The first-order valence-electron chi connectivity index (χ1n) is 7.09. The molecule has 0 bridgehead atoms. The largest absolute Gasteiger partial charge is 0.492 e. The van der Waals surface area contributed by atoms with E-state index in [4.69, 9.17) is 4.74 Å². The predicted octanol–water partition coefficient (Wildman–Crippen LogP) is 2.42. The Morgan fingerprint density at radius 1 is 1.22 bits per heavy atom. The fourth-order valence-electron chi connectivity index (χ4n) is 2.69. The molecule has 1 aliphatic heterocycles. The van der Waals surface area contributed by atoms with Crippen LogP contribution in [0.25, 0.3) is 0 Å². The number of benzene rings is 1. The highest BCUT2D eigenvalue weighted by molar-refractivity contribution is 5.59. The van der Waals surface area contributed by atoms with Crippen molar-refractivity contribution in [2.24, 2.45) is 0 Å². The summed E-state index contributed by atoms with van der Waals surface area (Å²) in [6, 6.07) is 9.85. The van der Waals surface area contributed by atoms with Gasteiger partial charge in [-0.15, -0.1) is 0 Å². The van der Waals surface area contributed by atoms with E-state index >= 15 is 0 Å². The Morgan fingerprint density at radius 2 is 2.06 bits per heavy atom. The maximum absolute atomic E-state index is 5.72. The topological polar surface area (TPSA) is 24.5 Å². The lowest BCUT2D eigenvalue weighted by molar-refractivity contribution is 0.340. The first-order valence-corrected chi connectivity index (χ1v) is 7.09. The summed E-state index contributed by atoms with van der Waals surface area (Å²) in [7, 11) is 0. The van der Waals surface area contributed by atoms with Crippen LogP contribution >= 0.6 is 0 Å². The van der Waals surface area contributed by atoms with E-state index in [1.165, 1.54) is 24.9 Å². The Morgan fingerprint density at radius 3 is 2.83 bits per heavy atom. The van der Waals surface area contributed by atoms with Gasteiger partial charge in [0.15, 0.2) is 0 Å². The normalized spacial score (nSPS) is 23.4. The molecular formula is C15H22N2O. The van der Waals surface area contributed by atoms with Gasteiger partial charge in [0, 0.05) is 25.2 Å². The fourth-order valence-corrected chi connectivity index (χ4v) is 2.69. The second kappa shape index (κ2) is 5.19. The minimum absolute atomic E-state index is 0.659. The first-order chi connectivity index (χ1) is 8.86. The lowest BCUT2D eigenvalue weighted by Gasteiger charge is -2.22. The zero-order chi connectivity index (χ0) is 12.4. The van der Waals surface area contributed by atoms with E-state index in [0.717, 1.165) is 31.5 Å². The standard InChI is InChI=1S/C15H22N2O/c1-2-18-15-6-4-3-5-14(15)17-10-9-13(11-17)16-12-7-8-12/h3-6,12-13,16H,2,7-11H2,1H3. The van der Waals surface area contributed by atoms with Gasteiger partial charge in [-0.3, -0.25) is 0 Å². The van der Waals surface area contributed by atoms with Gasteiger partial charge in [0.1, 0.15) is 5.75 Å². The monoisotopic (exact) mass is 246 g/mol. The van der Waals surface area contributed by atoms with Gasteiger partial charge in [0.05, 0.1) is 12.3 Å². The van der Waals surface area contributed by atoms with Crippen molar-refractivity contribution in [2.75, 3.05) is 24.6 Å². The van der Waals surface area contributed by atoms with E-state index in [1.54, 1.807) is 0 Å². The van der Waals surface area contributed by atoms with E-state index in [-0.39, 0.29) is 0 Å². The number of rotatable bonds is 5. The van der Waals surface area contributed by atoms with Crippen LogP contribution in [0.4, 0.5) is 5.69 Å². The first kappa shape index (κ1) is 11.8. The molecule has 0 spiro atoms. The Kier molecular flexibility index (Phi) is 3.41. The zero-order valence-corrected chi connectivity index (χ0v) is 11.1. The summed E-state index contributed by atoms with van der Waals surface area (Å²) in [5, 5.41) is 3.72. The Hall–Kier alpha value is -1.22. The molecule has 1 aromatic rings. The maximum atomic E-state index is 5.72. The Bertz CT molecular complexity index is 403. The summed E-state index contributed by atoms with van der Waals surface area (Å²) in [5.74, 6) is 1.02. The van der Waals surface area contributed by atoms with Crippen LogP contribution in [-0.2, 0) is 0 Å². The number of hydrogen-bond donors (Lipinski definition) is 1. The Balaban J connectivity index is 1.67. The lowest BCUT2D eigenvalue weighted by Crippen LogP contribution is -2.34. The molecule has 2 fully saturated rings. The molecule has 0 radical (unpaired) electrons. The molecule has 1 N–H and O–H groups in total. The van der Waals surface area contributed by atoms with E-state index < -0.39 is 0 Å². The van der Waals surface area contributed by atoms with Crippen molar-refractivity contribution in [3.05, 3.63) is 24.3 Å². The van der Waals surface area contributed by atoms with E-state index in [2.05, 4.69) is 28.4 Å². The average molecular weight is 246 g/mol. The van der Waals surface area contributed by atoms with Gasteiger partial charge in [-0.2, -0.15) is 0 Å². The molecule has 1 heterocycles. The van der Waals surface area contributed by atoms with Crippen LogP contribution < -0.4 is 15.0 Å². The van der Waals surface area contributed by atoms with Crippen molar-refractivity contribution in [1.29, 1.82) is 0 Å². The minimum atomic E-state index is 0.659. The molecule has 3 heteroatoms. The molecule has 1 unspecified atom stereocenters. The van der Waals surface area contributed by atoms with Gasteiger partial charge in [-0.05, 0) is 38.3 Å². The molecule has 1 saturated heterocycles. The average Bonchev–Trinajstić information content (AvgIpc) is 3.07. The van der Waals surface area contributed by atoms with Crippen molar-refractivity contribution in [3.63, 3.8) is 0 Å². The SMILES string of the molecule is CCOc1ccccc1N1CCC(NC2CC2)C1. The van der Waals surface area contributed by atoms with Crippen molar-refractivity contribution >= 4 is 5.69 Å². The van der Waals surface area contributed by atoms with E-state index in [1.807, 2.05) is 13.0 Å². The highest BCUT2D eigenvalue weighted by Crippen LogP contribution is 2.31. The van der Waals surface area contributed by atoms with Crippen LogP contribution in [0.5, 0.6) is 5.75 Å². The van der Waals surface area contributed by atoms with Gasteiger partial charge in [0.2, 0.25) is 0 Å². The summed E-state index contributed by atoms with van der Waals surface area (Å²) in [4.78, 5) is 2.45. The third kappa shape index (κ3) is 2.61. The quantitative estimate of drug-likeness (QED) is 0.863. The molecule has 1 saturated carbocycles. The highest BCUT2D eigenvalue weighted by atomic mass is 16.5. The van der Waals surface area contributed by atoms with Crippen molar-refractivity contribution in [2.45, 2.75) is 38.3 Å². The molecule has 3 nitrogen and oxygen atoms in total. The lowest BCUT2D eigenvalue weighted by atomic mass is 10.2. The molecule has 98 valence electrons. The van der Waals surface area contributed by atoms with Gasteiger partial charge in [-0.1, -0.05) is 12.1 Å².